The Morgan fingerprint density at radius 3 is 2.53 bits per heavy atom. The molecule has 0 atom stereocenters. The molecule has 0 radical (unpaired) electrons. The van der Waals surface area contributed by atoms with Crippen molar-refractivity contribution in [1.29, 1.82) is 0 Å². The van der Waals surface area contributed by atoms with E-state index in [0.29, 0.717) is 13.2 Å². The highest BCUT2D eigenvalue weighted by Crippen LogP contribution is 2.45. The molecule has 1 aromatic rings. The Bertz CT molecular complexity index is 349. The summed E-state index contributed by atoms with van der Waals surface area (Å²) >= 11 is 3.45. The molecule has 0 unspecified atom stereocenters. The summed E-state index contributed by atoms with van der Waals surface area (Å²) in [7, 11) is 0. The van der Waals surface area contributed by atoms with Gasteiger partial charge < -0.3 is 15.2 Å². The Balaban J connectivity index is 1.81. The van der Waals surface area contributed by atoms with Gasteiger partial charge in [0.1, 0.15) is 0 Å². The van der Waals surface area contributed by atoms with Crippen LogP contribution in [-0.2, 0) is 10.3 Å². The lowest BCUT2D eigenvalue weighted by Crippen LogP contribution is -2.32. The molecule has 0 bridgehead atoms. The first-order chi connectivity index (χ1) is 8.27. The summed E-state index contributed by atoms with van der Waals surface area (Å²) in [6.07, 6.45) is 2.38. The lowest BCUT2D eigenvalue weighted by Gasteiger charge is -2.18. The zero-order valence-corrected chi connectivity index (χ0v) is 11.4. The van der Waals surface area contributed by atoms with Crippen molar-refractivity contribution < 1.29 is 9.84 Å². The predicted octanol–water partition coefficient (Wildman–Crippen LogP) is 2.04. The fourth-order valence-electron chi connectivity index (χ4n) is 1.99. The molecule has 1 aliphatic rings. The molecule has 0 heterocycles. The third-order valence-corrected chi connectivity index (χ3v) is 3.62. The highest BCUT2D eigenvalue weighted by Gasteiger charge is 2.43. The van der Waals surface area contributed by atoms with Crippen LogP contribution in [-0.4, -0.2) is 31.5 Å². The van der Waals surface area contributed by atoms with Crippen LogP contribution in [0.1, 0.15) is 18.4 Å². The molecule has 0 saturated heterocycles. The largest absolute Gasteiger partial charge is 0.394 e. The molecule has 2 rings (SSSR count). The van der Waals surface area contributed by atoms with Crippen LogP contribution in [0.2, 0.25) is 0 Å². The van der Waals surface area contributed by atoms with Gasteiger partial charge in [0.25, 0.3) is 0 Å². The number of halogens is 1. The number of benzene rings is 1. The van der Waals surface area contributed by atoms with Crippen molar-refractivity contribution in [3.63, 3.8) is 0 Å². The molecule has 1 aromatic carbocycles. The smallest absolute Gasteiger partial charge is 0.0698 e. The average molecular weight is 300 g/mol. The normalized spacial score (nSPS) is 17.1. The van der Waals surface area contributed by atoms with Crippen molar-refractivity contribution in [2.45, 2.75) is 18.4 Å². The summed E-state index contributed by atoms with van der Waals surface area (Å²) in [4.78, 5) is 0. The molecule has 94 valence electrons. The topological polar surface area (TPSA) is 41.5 Å². The zero-order chi connectivity index (χ0) is 12.1. The van der Waals surface area contributed by atoms with Crippen molar-refractivity contribution in [3.8, 4) is 0 Å². The summed E-state index contributed by atoms with van der Waals surface area (Å²) in [6.45, 7) is 2.00. The standard InChI is InChI=1S/C13H18BrNO2/c14-12-3-1-11(2-4-12)13(5-6-13)15-7-9-17-10-8-16/h1-4,15-16H,5-10H2. The predicted molar refractivity (Wildman–Crippen MR) is 71.0 cm³/mol. The molecule has 3 nitrogen and oxygen atoms in total. The van der Waals surface area contributed by atoms with Crippen LogP contribution in [0.15, 0.2) is 28.7 Å². The van der Waals surface area contributed by atoms with Gasteiger partial charge in [-0.2, -0.15) is 0 Å². The molecule has 1 aliphatic carbocycles. The van der Waals surface area contributed by atoms with Crippen molar-refractivity contribution >= 4 is 15.9 Å². The minimum atomic E-state index is 0.0951. The molecule has 0 aliphatic heterocycles. The Morgan fingerprint density at radius 2 is 1.94 bits per heavy atom. The van der Waals surface area contributed by atoms with E-state index >= 15 is 0 Å². The fourth-order valence-corrected chi connectivity index (χ4v) is 2.25. The van der Waals surface area contributed by atoms with Gasteiger partial charge in [0.2, 0.25) is 0 Å². The Kier molecular flexibility index (Phi) is 4.56. The first-order valence-electron chi connectivity index (χ1n) is 5.96. The van der Waals surface area contributed by atoms with Gasteiger partial charge in [0, 0.05) is 16.6 Å². The first-order valence-corrected chi connectivity index (χ1v) is 6.76. The second kappa shape index (κ2) is 5.96. The molecule has 2 N–H and O–H groups in total. The maximum Gasteiger partial charge on any atom is 0.0698 e. The van der Waals surface area contributed by atoms with Crippen molar-refractivity contribution in [2.24, 2.45) is 0 Å². The Hall–Kier alpha value is -0.420. The number of rotatable bonds is 7. The number of aliphatic hydroxyl groups is 1. The summed E-state index contributed by atoms with van der Waals surface area (Å²) in [6, 6.07) is 8.50. The maximum absolute atomic E-state index is 8.59. The van der Waals surface area contributed by atoms with Gasteiger partial charge in [-0.1, -0.05) is 28.1 Å². The second-order valence-electron chi connectivity index (χ2n) is 4.35. The molecule has 0 amide bonds. The van der Waals surface area contributed by atoms with E-state index in [1.165, 1.54) is 18.4 Å². The Morgan fingerprint density at radius 1 is 1.24 bits per heavy atom. The molecular formula is C13H18BrNO2. The van der Waals surface area contributed by atoms with Gasteiger partial charge in [0.15, 0.2) is 0 Å². The number of ether oxygens (including phenoxy) is 1. The van der Waals surface area contributed by atoms with Crippen LogP contribution in [0.4, 0.5) is 0 Å². The highest BCUT2D eigenvalue weighted by molar-refractivity contribution is 9.10. The van der Waals surface area contributed by atoms with Crippen LogP contribution in [0, 0.1) is 0 Å². The van der Waals surface area contributed by atoms with E-state index in [1.54, 1.807) is 0 Å². The van der Waals surface area contributed by atoms with Gasteiger partial charge in [0.05, 0.1) is 19.8 Å². The van der Waals surface area contributed by atoms with Crippen molar-refractivity contribution in [1.82, 2.24) is 5.32 Å². The second-order valence-corrected chi connectivity index (χ2v) is 5.27. The van der Waals surface area contributed by atoms with E-state index in [4.69, 9.17) is 9.84 Å². The van der Waals surface area contributed by atoms with E-state index in [2.05, 4.69) is 45.5 Å². The molecular weight excluding hydrogens is 282 g/mol. The van der Waals surface area contributed by atoms with Crippen LogP contribution in [0.25, 0.3) is 0 Å². The minimum absolute atomic E-state index is 0.0951. The van der Waals surface area contributed by atoms with E-state index in [-0.39, 0.29) is 12.1 Å². The first kappa shape index (κ1) is 13.0. The van der Waals surface area contributed by atoms with Crippen molar-refractivity contribution in [2.75, 3.05) is 26.4 Å². The van der Waals surface area contributed by atoms with Crippen LogP contribution >= 0.6 is 15.9 Å². The minimum Gasteiger partial charge on any atom is -0.394 e. The SMILES string of the molecule is OCCOCCNC1(c2ccc(Br)cc2)CC1. The molecule has 0 aromatic heterocycles. The molecule has 1 saturated carbocycles. The number of aliphatic hydroxyl groups excluding tert-OH is 1. The molecule has 0 spiro atoms. The monoisotopic (exact) mass is 299 g/mol. The Labute approximate surface area is 110 Å². The van der Waals surface area contributed by atoms with E-state index in [9.17, 15) is 0 Å². The third kappa shape index (κ3) is 3.52. The maximum atomic E-state index is 8.59. The quantitative estimate of drug-likeness (QED) is 0.757. The highest BCUT2D eigenvalue weighted by atomic mass is 79.9. The van der Waals surface area contributed by atoms with Crippen LogP contribution in [0.3, 0.4) is 0 Å². The number of hydrogen-bond acceptors (Lipinski definition) is 3. The van der Waals surface area contributed by atoms with Crippen LogP contribution in [0.5, 0.6) is 0 Å². The average Bonchev–Trinajstić information content (AvgIpc) is 3.11. The summed E-state index contributed by atoms with van der Waals surface area (Å²) < 4.78 is 6.36. The van der Waals surface area contributed by atoms with Crippen molar-refractivity contribution in [3.05, 3.63) is 34.3 Å². The van der Waals surface area contributed by atoms with E-state index in [1.807, 2.05) is 0 Å². The lowest BCUT2D eigenvalue weighted by molar-refractivity contribution is 0.0920. The summed E-state index contributed by atoms with van der Waals surface area (Å²) in [5.74, 6) is 0. The molecule has 1 fully saturated rings. The number of hydrogen-bond donors (Lipinski definition) is 2. The zero-order valence-electron chi connectivity index (χ0n) is 9.79. The van der Waals surface area contributed by atoms with Gasteiger partial charge in [-0.15, -0.1) is 0 Å². The van der Waals surface area contributed by atoms with Crippen LogP contribution < -0.4 is 5.32 Å². The summed E-state index contributed by atoms with van der Waals surface area (Å²) in [5, 5.41) is 12.1. The number of nitrogens with one attached hydrogen (secondary N) is 1. The molecule has 4 heteroatoms. The lowest BCUT2D eigenvalue weighted by atomic mass is 10.1. The third-order valence-electron chi connectivity index (χ3n) is 3.09. The van der Waals surface area contributed by atoms with Gasteiger partial charge >= 0.3 is 0 Å². The summed E-state index contributed by atoms with van der Waals surface area (Å²) in [5.41, 5.74) is 1.52. The fraction of sp³-hybridized carbons (Fsp3) is 0.538. The van der Waals surface area contributed by atoms with E-state index < -0.39 is 0 Å². The van der Waals surface area contributed by atoms with Gasteiger partial charge in [-0.05, 0) is 30.5 Å². The van der Waals surface area contributed by atoms with E-state index in [0.717, 1.165) is 11.0 Å². The molecule has 17 heavy (non-hydrogen) atoms. The van der Waals surface area contributed by atoms with Gasteiger partial charge in [-0.3, -0.25) is 0 Å². The van der Waals surface area contributed by atoms with Gasteiger partial charge in [-0.25, -0.2) is 0 Å².